The molecule has 0 unspecified atom stereocenters. The second kappa shape index (κ2) is 3.50. The van der Waals surface area contributed by atoms with E-state index in [2.05, 4.69) is 4.98 Å². The molecule has 0 aliphatic rings. The minimum absolute atomic E-state index is 0.183. The topological polar surface area (TPSA) is 34.9 Å². The Morgan fingerprint density at radius 2 is 1.93 bits per heavy atom. The predicted molar refractivity (Wildman–Crippen MR) is 61.1 cm³/mol. The molecule has 15 heavy (non-hydrogen) atoms. The van der Waals surface area contributed by atoms with E-state index in [9.17, 15) is 4.79 Å². The SMILES string of the molecule is CC(C)c1nc(=O)n(C)c2ccccc12. The average Bonchev–Trinajstić information content (AvgIpc) is 2.23. The van der Waals surface area contributed by atoms with Crippen LogP contribution in [0.15, 0.2) is 29.1 Å². The van der Waals surface area contributed by atoms with E-state index in [1.807, 2.05) is 38.1 Å². The zero-order chi connectivity index (χ0) is 11.0. The summed E-state index contributed by atoms with van der Waals surface area (Å²) in [6.07, 6.45) is 0. The molecule has 0 radical (unpaired) electrons. The molecule has 1 aromatic carbocycles. The third kappa shape index (κ3) is 1.54. The van der Waals surface area contributed by atoms with Gasteiger partial charge in [-0.2, -0.15) is 4.98 Å². The Balaban J connectivity index is 2.95. The first-order chi connectivity index (χ1) is 7.11. The highest BCUT2D eigenvalue weighted by Gasteiger charge is 2.09. The molecular formula is C12H14N2O. The lowest BCUT2D eigenvalue weighted by atomic mass is 10.0. The number of para-hydroxylation sites is 1. The van der Waals surface area contributed by atoms with Gasteiger partial charge in [-0.3, -0.25) is 4.57 Å². The van der Waals surface area contributed by atoms with E-state index in [1.165, 1.54) is 0 Å². The second-order valence-electron chi connectivity index (χ2n) is 4.01. The van der Waals surface area contributed by atoms with Crippen LogP contribution in [0.25, 0.3) is 10.9 Å². The minimum Gasteiger partial charge on any atom is -0.295 e. The predicted octanol–water partition coefficient (Wildman–Crippen LogP) is 2.06. The third-order valence-electron chi connectivity index (χ3n) is 2.59. The van der Waals surface area contributed by atoms with Crippen LogP contribution in [0.4, 0.5) is 0 Å². The van der Waals surface area contributed by atoms with Crippen LogP contribution in [-0.4, -0.2) is 9.55 Å². The van der Waals surface area contributed by atoms with Gasteiger partial charge in [0.2, 0.25) is 0 Å². The van der Waals surface area contributed by atoms with Crippen molar-refractivity contribution >= 4 is 10.9 Å². The highest BCUT2D eigenvalue weighted by atomic mass is 16.1. The standard InChI is InChI=1S/C12H14N2O/c1-8(2)11-9-6-4-5-7-10(9)14(3)12(15)13-11/h4-8H,1-3H3. The molecule has 0 aliphatic heterocycles. The minimum atomic E-state index is -0.183. The first-order valence-electron chi connectivity index (χ1n) is 5.07. The van der Waals surface area contributed by atoms with Gasteiger partial charge in [0.05, 0.1) is 11.2 Å². The van der Waals surface area contributed by atoms with Gasteiger partial charge in [-0.05, 0) is 12.0 Å². The van der Waals surface area contributed by atoms with Crippen LogP contribution in [-0.2, 0) is 7.05 Å². The summed E-state index contributed by atoms with van der Waals surface area (Å²) in [5.74, 6) is 0.267. The summed E-state index contributed by atoms with van der Waals surface area (Å²) in [5.41, 5.74) is 1.65. The molecule has 0 saturated heterocycles. The highest BCUT2D eigenvalue weighted by Crippen LogP contribution is 2.20. The van der Waals surface area contributed by atoms with Gasteiger partial charge in [-0.25, -0.2) is 4.79 Å². The number of nitrogens with zero attached hydrogens (tertiary/aromatic N) is 2. The molecule has 78 valence electrons. The van der Waals surface area contributed by atoms with Crippen molar-refractivity contribution in [1.29, 1.82) is 0 Å². The van der Waals surface area contributed by atoms with E-state index in [0.29, 0.717) is 0 Å². The summed E-state index contributed by atoms with van der Waals surface area (Å²) in [7, 11) is 1.75. The number of aryl methyl sites for hydroxylation is 1. The van der Waals surface area contributed by atoms with Gasteiger partial charge < -0.3 is 0 Å². The van der Waals surface area contributed by atoms with Gasteiger partial charge in [-0.15, -0.1) is 0 Å². The summed E-state index contributed by atoms with van der Waals surface area (Å²) < 4.78 is 1.58. The van der Waals surface area contributed by atoms with Crippen LogP contribution in [0.1, 0.15) is 25.5 Å². The van der Waals surface area contributed by atoms with E-state index in [1.54, 1.807) is 11.6 Å². The first kappa shape index (κ1) is 9.90. The average molecular weight is 202 g/mol. The van der Waals surface area contributed by atoms with Crippen molar-refractivity contribution in [2.75, 3.05) is 0 Å². The molecule has 0 saturated carbocycles. The lowest BCUT2D eigenvalue weighted by molar-refractivity contribution is 0.775. The summed E-state index contributed by atoms with van der Waals surface area (Å²) >= 11 is 0. The monoisotopic (exact) mass is 202 g/mol. The highest BCUT2D eigenvalue weighted by molar-refractivity contribution is 5.81. The lowest BCUT2D eigenvalue weighted by Gasteiger charge is -2.10. The number of benzene rings is 1. The fraction of sp³-hybridized carbons (Fsp3) is 0.333. The van der Waals surface area contributed by atoms with Crippen molar-refractivity contribution in [2.24, 2.45) is 7.05 Å². The normalized spacial score (nSPS) is 11.2. The van der Waals surface area contributed by atoms with Gasteiger partial charge in [-0.1, -0.05) is 32.0 Å². The molecule has 2 rings (SSSR count). The van der Waals surface area contributed by atoms with Gasteiger partial charge in [0.1, 0.15) is 0 Å². The molecule has 0 amide bonds. The van der Waals surface area contributed by atoms with Gasteiger partial charge in [0.15, 0.2) is 0 Å². The van der Waals surface area contributed by atoms with E-state index < -0.39 is 0 Å². The Morgan fingerprint density at radius 3 is 2.60 bits per heavy atom. The number of hydrogen-bond donors (Lipinski definition) is 0. The molecule has 1 aromatic heterocycles. The molecule has 0 bridgehead atoms. The molecule has 0 N–H and O–H groups in total. The molecular weight excluding hydrogens is 188 g/mol. The molecule has 0 fully saturated rings. The summed E-state index contributed by atoms with van der Waals surface area (Å²) in [6.45, 7) is 4.10. The van der Waals surface area contributed by atoms with E-state index >= 15 is 0 Å². The smallest absolute Gasteiger partial charge is 0.295 e. The van der Waals surface area contributed by atoms with Crippen LogP contribution >= 0.6 is 0 Å². The summed E-state index contributed by atoms with van der Waals surface area (Å²) in [6, 6.07) is 7.87. The Morgan fingerprint density at radius 1 is 1.27 bits per heavy atom. The van der Waals surface area contributed by atoms with Crippen molar-refractivity contribution in [2.45, 2.75) is 19.8 Å². The molecule has 3 heteroatoms. The van der Waals surface area contributed by atoms with Crippen LogP contribution in [0.5, 0.6) is 0 Å². The Labute approximate surface area is 88.4 Å². The van der Waals surface area contributed by atoms with Crippen molar-refractivity contribution in [3.05, 3.63) is 40.4 Å². The van der Waals surface area contributed by atoms with E-state index in [0.717, 1.165) is 16.6 Å². The molecule has 3 nitrogen and oxygen atoms in total. The van der Waals surface area contributed by atoms with Gasteiger partial charge in [0.25, 0.3) is 0 Å². The maximum atomic E-state index is 11.6. The Hall–Kier alpha value is -1.64. The van der Waals surface area contributed by atoms with Crippen LogP contribution in [0, 0.1) is 0 Å². The van der Waals surface area contributed by atoms with E-state index in [4.69, 9.17) is 0 Å². The van der Waals surface area contributed by atoms with Crippen molar-refractivity contribution in [3.63, 3.8) is 0 Å². The molecule has 0 atom stereocenters. The van der Waals surface area contributed by atoms with Crippen LogP contribution in [0.2, 0.25) is 0 Å². The largest absolute Gasteiger partial charge is 0.348 e. The molecule has 1 heterocycles. The maximum Gasteiger partial charge on any atom is 0.348 e. The number of fused-ring (bicyclic) bond motifs is 1. The zero-order valence-electron chi connectivity index (χ0n) is 9.19. The Bertz CT molecular complexity index is 555. The van der Waals surface area contributed by atoms with Crippen LogP contribution in [0.3, 0.4) is 0 Å². The van der Waals surface area contributed by atoms with Crippen molar-refractivity contribution in [3.8, 4) is 0 Å². The third-order valence-corrected chi connectivity index (χ3v) is 2.59. The maximum absolute atomic E-state index is 11.6. The van der Waals surface area contributed by atoms with E-state index in [-0.39, 0.29) is 11.6 Å². The quantitative estimate of drug-likeness (QED) is 0.709. The summed E-state index contributed by atoms with van der Waals surface area (Å²) in [5, 5.41) is 1.06. The number of aromatic nitrogens is 2. The van der Waals surface area contributed by atoms with Crippen molar-refractivity contribution in [1.82, 2.24) is 9.55 Å². The lowest BCUT2D eigenvalue weighted by Crippen LogP contribution is -2.22. The Kier molecular flexibility index (Phi) is 2.31. The zero-order valence-corrected chi connectivity index (χ0v) is 9.19. The van der Waals surface area contributed by atoms with Gasteiger partial charge in [0, 0.05) is 12.4 Å². The molecule has 0 spiro atoms. The fourth-order valence-corrected chi connectivity index (χ4v) is 1.76. The van der Waals surface area contributed by atoms with Crippen LogP contribution < -0.4 is 5.69 Å². The second-order valence-corrected chi connectivity index (χ2v) is 4.01. The summed E-state index contributed by atoms with van der Waals surface area (Å²) in [4.78, 5) is 15.7. The first-order valence-corrected chi connectivity index (χ1v) is 5.07. The fourth-order valence-electron chi connectivity index (χ4n) is 1.76. The van der Waals surface area contributed by atoms with Gasteiger partial charge >= 0.3 is 5.69 Å². The molecule has 2 aromatic rings. The molecule has 0 aliphatic carbocycles. The number of hydrogen-bond acceptors (Lipinski definition) is 2. The van der Waals surface area contributed by atoms with Crippen molar-refractivity contribution < 1.29 is 0 Å². The number of rotatable bonds is 1.